The number of ether oxygens (including phenoxy) is 1. The van der Waals surface area contributed by atoms with Gasteiger partial charge in [-0.05, 0) is 58.8 Å². The van der Waals surface area contributed by atoms with E-state index in [0.717, 1.165) is 24.4 Å². The number of hydrogen-bond donors (Lipinski definition) is 0. The molecule has 1 saturated heterocycles. The summed E-state index contributed by atoms with van der Waals surface area (Å²) in [6.07, 6.45) is 6.36. The van der Waals surface area contributed by atoms with E-state index >= 15 is 0 Å². The molecule has 1 aliphatic heterocycles. The van der Waals surface area contributed by atoms with E-state index in [1.165, 1.54) is 36.1 Å². The van der Waals surface area contributed by atoms with E-state index < -0.39 is 8.32 Å². The third-order valence-electron chi connectivity index (χ3n) is 7.67. The van der Waals surface area contributed by atoms with Gasteiger partial charge in [-0.15, -0.1) is 0 Å². The Morgan fingerprint density at radius 3 is 1.72 bits per heavy atom. The van der Waals surface area contributed by atoms with Gasteiger partial charge >= 0.3 is 0 Å². The number of rotatable bonds is 5. The number of epoxide rings is 1. The van der Waals surface area contributed by atoms with E-state index in [4.69, 9.17) is 9.16 Å². The summed E-state index contributed by atoms with van der Waals surface area (Å²) in [7, 11) is -2.39. The summed E-state index contributed by atoms with van der Waals surface area (Å²) < 4.78 is 13.0. The van der Waals surface area contributed by atoms with Gasteiger partial charge in [-0.25, -0.2) is 0 Å². The predicted molar refractivity (Wildman–Crippen MR) is 121 cm³/mol. The van der Waals surface area contributed by atoms with Crippen molar-refractivity contribution in [2.75, 3.05) is 6.61 Å². The highest BCUT2D eigenvalue weighted by atomic mass is 28.4. The number of fused-ring (bicyclic) bond motifs is 2. The Morgan fingerprint density at radius 1 is 0.793 bits per heavy atom. The van der Waals surface area contributed by atoms with Crippen LogP contribution in [0.5, 0.6) is 0 Å². The Hall–Kier alpha value is -1.42. The maximum atomic E-state index is 7.21. The fourth-order valence-electron chi connectivity index (χ4n) is 6.01. The molecule has 2 aromatic rings. The molecule has 0 bridgehead atoms. The van der Waals surface area contributed by atoms with Gasteiger partial charge in [0.25, 0.3) is 8.32 Å². The van der Waals surface area contributed by atoms with Crippen LogP contribution in [0.1, 0.15) is 46.5 Å². The molecule has 0 unspecified atom stereocenters. The van der Waals surface area contributed by atoms with Crippen LogP contribution >= 0.6 is 0 Å². The van der Waals surface area contributed by atoms with Crippen molar-refractivity contribution in [3.05, 3.63) is 60.7 Å². The van der Waals surface area contributed by atoms with Crippen molar-refractivity contribution >= 4 is 18.7 Å². The fraction of sp³-hybridized carbons (Fsp3) is 0.538. The zero-order valence-electron chi connectivity index (χ0n) is 18.0. The summed E-state index contributed by atoms with van der Waals surface area (Å²) in [4.78, 5) is 0. The highest BCUT2D eigenvalue weighted by molar-refractivity contribution is 6.99. The van der Waals surface area contributed by atoms with Crippen molar-refractivity contribution in [3.8, 4) is 0 Å². The lowest BCUT2D eigenvalue weighted by molar-refractivity contribution is 0.264. The maximum absolute atomic E-state index is 7.21. The normalized spacial score (nSPS) is 31.2. The second-order valence-electron chi connectivity index (χ2n) is 10.3. The van der Waals surface area contributed by atoms with Gasteiger partial charge in [0.15, 0.2) is 0 Å². The Labute approximate surface area is 176 Å². The Morgan fingerprint density at radius 2 is 1.28 bits per heavy atom. The van der Waals surface area contributed by atoms with E-state index in [-0.39, 0.29) is 5.04 Å². The molecule has 5 rings (SSSR count). The summed E-state index contributed by atoms with van der Waals surface area (Å²) in [6.45, 7) is 8.04. The first-order chi connectivity index (χ1) is 14.0. The molecule has 2 nitrogen and oxygen atoms in total. The molecule has 0 radical (unpaired) electrons. The van der Waals surface area contributed by atoms with E-state index in [0.29, 0.717) is 12.2 Å². The molecule has 1 heterocycles. The van der Waals surface area contributed by atoms with Crippen LogP contribution in [0.4, 0.5) is 0 Å². The van der Waals surface area contributed by atoms with Crippen molar-refractivity contribution in [3.63, 3.8) is 0 Å². The predicted octanol–water partition coefficient (Wildman–Crippen LogP) is 4.77. The number of benzene rings is 2. The third kappa shape index (κ3) is 3.52. The first kappa shape index (κ1) is 19.5. The first-order valence-corrected chi connectivity index (χ1v) is 13.3. The molecule has 3 aliphatic rings. The van der Waals surface area contributed by atoms with Gasteiger partial charge < -0.3 is 9.16 Å². The van der Waals surface area contributed by atoms with E-state index in [2.05, 4.69) is 81.4 Å². The van der Waals surface area contributed by atoms with E-state index in [1.54, 1.807) is 0 Å². The summed E-state index contributed by atoms with van der Waals surface area (Å²) in [6, 6.07) is 22.1. The average Bonchev–Trinajstić information content (AvgIpc) is 3.60. The Kier molecular flexibility index (Phi) is 4.96. The molecular weight excluding hydrogens is 372 g/mol. The lowest BCUT2D eigenvalue weighted by Gasteiger charge is -2.43. The van der Waals surface area contributed by atoms with Crippen LogP contribution in [-0.4, -0.2) is 27.1 Å². The largest absolute Gasteiger partial charge is 0.407 e. The SMILES string of the molecule is CC(C)(C)[Si](OC[C@H]1[C@@H]2CC[C@H]3O[C@H]3CC[C@@H]21)(c1ccccc1)c1ccccc1. The van der Waals surface area contributed by atoms with Gasteiger partial charge in [0.2, 0.25) is 0 Å². The molecule has 3 heteroatoms. The molecule has 0 aromatic heterocycles. The molecule has 0 N–H and O–H groups in total. The minimum absolute atomic E-state index is 0.0685. The van der Waals surface area contributed by atoms with Crippen molar-refractivity contribution in [2.45, 2.75) is 63.7 Å². The molecule has 5 atom stereocenters. The van der Waals surface area contributed by atoms with Crippen molar-refractivity contribution in [1.82, 2.24) is 0 Å². The number of hydrogen-bond acceptors (Lipinski definition) is 2. The zero-order chi connectivity index (χ0) is 20.1. The van der Waals surface area contributed by atoms with Gasteiger partial charge in [0.1, 0.15) is 0 Å². The first-order valence-electron chi connectivity index (χ1n) is 11.4. The van der Waals surface area contributed by atoms with Gasteiger partial charge in [-0.1, -0.05) is 81.4 Å². The van der Waals surface area contributed by atoms with Gasteiger partial charge in [0.05, 0.1) is 12.2 Å². The van der Waals surface area contributed by atoms with Crippen LogP contribution in [0.3, 0.4) is 0 Å². The highest BCUT2D eigenvalue weighted by Gasteiger charge is 2.56. The summed E-state index contributed by atoms with van der Waals surface area (Å²) in [5, 5.41) is 2.86. The molecule has 0 spiro atoms. The molecule has 2 aliphatic carbocycles. The van der Waals surface area contributed by atoms with Crippen LogP contribution in [0.2, 0.25) is 5.04 Å². The lowest BCUT2D eigenvalue weighted by atomic mass is 10.0. The smallest absolute Gasteiger partial charge is 0.261 e. The lowest BCUT2D eigenvalue weighted by Crippen LogP contribution is -2.66. The molecule has 154 valence electrons. The van der Waals surface area contributed by atoms with Crippen molar-refractivity contribution in [2.24, 2.45) is 17.8 Å². The second-order valence-corrected chi connectivity index (χ2v) is 14.6. The topological polar surface area (TPSA) is 21.8 Å². The van der Waals surface area contributed by atoms with Crippen LogP contribution < -0.4 is 10.4 Å². The van der Waals surface area contributed by atoms with Crippen LogP contribution in [-0.2, 0) is 9.16 Å². The minimum atomic E-state index is -2.39. The molecule has 0 amide bonds. The fourth-order valence-corrected chi connectivity index (χ4v) is 10.6. The minimum Gasteiger partial charge on any atom is -0.407 e. The van der Waals surface area contributed by atoms with Crippen LogP contribution in [0, 0.1) is 17.8 Å². The zero-order valence-corrected chi connectivity index (χ0v) is 19.0. The summed E-state index contributed by atoms with van der Waals surface area (Å²) in [5.41, 5.74) is 0. The van der Waals surface area contributed by atoms with Gasteiger partial charge in [0, 0.05) is 6.61 Å². The second kappa shape index (κ2) is 7.37. The van der Waals surface area contributed by atoms with E-state index in [9.17, 15) is 0 Å². The summed E-state index contributed by atoms with van der Waals surface area (Å²) in [5.74, 6) is 2.46. The Bertz CT molecular complexity index is 771. The molecule has 2 aromatic carbocycles. The van der Waals surface area contributed by atoms with Gasteiger partial charge in [-0.3, -0.25) is 0 Å². The van der Waals surface area contributed by atoms with Crippen LogP contribution in [0.15, 0.2) is 60.7 Å². The average molecular weight is 407 g/mol. The molecule has 29 heavy (non-hydrogen) atoms. The Balaban J connectivity index is 1.43. The van der Waals surface area contributed by atoms with Gasteiger partial charge in [-0.2, -0.15) is 0 Å². The molecule has 3 fully saturated rings. The van der Waals surface area contributed by atoms with Crippen LogP contribution in [0.25, 0.3) is 0 Å². The molecular formula is C26H34O2Si. The van der Waals surface area contributed by atoms with E-state index in [1.807, 2.05) is 0 Å². The summed E-state index contributed by atoms with van der Waals surface area (Å²) >= 11 is 0. The van der Waals surface area contributed by atoms with Crippen molar-refractivity contribution in [1.29, 1.82) is 0 Å². The quantitative estimate of drug-likeness (QED) is 0.527. The standard InChI is InChI=1S/C26H34O2Si/c1-26(2,3)29(19-10-6-4-7-11-19,20-12-8-5-9-13-20)27-18-23-21-14-16-24-25(28-24)17-15-22(21)23/h4-13,21-25H,14-18H2,1-3H3/t21-,22+,23+,24-,25+. The maximum Gasteiger partial charge on any atom is 0.261 e. The highest BCUT2D eigenvalue weighted by Crippen LogP contribution is 2.56. The van der Waals surface area contributed by atoms with Crippen molar-refractivity contribution < 1.29 is 9.16 Å². The third-order valence-corrected chi connectivity index (χ3v) is 12.7. The monoisotopic (exact) mass is 406 g/mol. The molecule has 2 saturated carbocycles.